The van der Waals surface area contributed by atoms with Crippen LogP contribution in [0.1, 0.15) is 35.9 Å². The molecule has 2 aliphatic rings. The van der Waals surface area contributed by atoms with E-state index in [2.05, 4.69) is 15.3 Å². The van der Waals surface area contributed by atoms with E-state index in [-0.39, 0.29) is 51.0 Å². The van der Waals surface area contributed by atoms with Crippen LogP contribution in [0.2, 0.25) is 5.15 Å². The Morgan fingerprint density at radius 3 is 2.83 bits per heavy atom. The molecule has 2 aromatic rings. The van der Waals surface area contributed by atoms with Gasteiger partial charge in [-0.1, -0.05) is 23.7 Å². The number of nitrogens with one attached hydrogen (secondary N) is 1. The summed E-state index contributed by atoms with van der Waals surface area (Å²) in [6.45, 7) is 1.01. The Labute approximate surface area is 172 Å². The number of hydrogen-bond acceptors (Lipinski definition) is 5. The molecule has 4 heterocycles. The second kappa shape index (κ2) is 8.20. The zero-order chi connectivity index (χ0) is 20.4. The van der Waals surface area contributed by atoms with Crippen LogP contribution in [-0.2, 0) is 4.79 Å². The Kier molecular flexibility index (Phi) is 5.65. The van der Waals surface area contributed by atoms with Crippen molar-refractivity contribution >= 4 is 17.5 Å². The van der Waals surface area contributed by atoms with Crippen molar-refractivity contribution in [2.45, 2.75) is 30.7 Å². The number of piperidine rings is 1. The maximum absolute atomic E-state index is 13.6. The highest BCUT2D eigenvalue weighted by atomic mass is 35.5. The summed E-state index contributed by atoms with van der Waals surface area (Å²) in [5.74, 6) is -2.77. The number of pyridine rings is 2. The molecule has 2 atom stereocenters. The number of ether oxygens (including phenoxy) is 1. The lowest BCUT2D eigenvalue weighted by Gasteiger charge is -2.37. The number of aromatic nitrogens is 2. The summed E-state index contributed by atoms with van der Waals surface area (Å²) in [5.41, 5.74) is 1.58. The number of likely N-dealkylation sites (tertiary alicyclic amines) is 1. The molecule has 0 radical (unpaired) electrons. The summed E-state index contributed by atoms with van der Waals surface area (Å²) >= 11 is 5.89. The maximum atomic E-state index is 13.6. The van der Waals surface area contributed by atoms with Crippen LogP contribution in [0.3, 0.4) is 0 Å². The van der Waals surface area contributed by atoms with Crippen LogP contribution in [0.25, 0.3) is 0 Å². The lowest BCUT2D eigenvalue weighted by Crippen LogP contribution is -2.45. The molecule has 154 valence electrons. The van der Waals surface area contributed by atoms with Gasteiger partial charge in [-0.05, 0) is 17.7 Å². The second-order valence-electron chi connectivity index (χ2n) is 7.33. The summed E-state index contributed by atoms with van der Waals surface area (Å²) < 4.78 is 32.7. The highest BCUT2D eigenvalue weighted by Gasteiger charge is 2.37. The highest BCUT2D eigenvalue weighted by Crippen LogP contribution is 2.34. The normalized spacial score (nSPS) is 21.8. The van der Waals surface area contributed by atoms with E-state index in [1.165, 1.54) is 0 Å². The third kappa shape index (κ3) is 4.48. The smallest absolute Gasteiger partial charge is 0.250 e. The van der Waals surface area contributed by atoms with Crippen LogP contribution in [-0.4, -0.2) is 52.9 Å². The minimum absolute atomic E-state index is 0.175. The predicted octanol–water partition coefficient (Wildman–Crippen LogP) is 3.19. The summed E-state index contributed by atoms with van der Waals surface area (Å²) in [5, 5.41) is 3.32. The van der Waals surface area contributed by atoms with Gasteiger partial charge < -0.3 is 10.1 Å². The molecule has 29 heavy (non-hydrogen) atoms. The van der Waals surface area contributed by atoms with E-state index in [0.717, 1.165) is 11.1 Å². The molecule has 1 saturated heterocycles. The number of carbonyl (C=O) groups excluding carboxylic acids is 1. The molecule has 6 nitrogen and oxygen atoms in total. The van der Waals surface area contributed by atoms with E-state index in [4.69, 9.17) is 16.3 Å². The van der Waals surface area contributed by atoms with Crippen molar-refractivity contribution < 1.29 is 18.3 Å². The Balaban J connectivity index is 1.47. The van der Waals surface area contributed by atoms with Crippen molar-refractivity contribution in [2.75, 3.05) is 26.2 Å². The van der Waals surface area contributed by atoms with Crippen molar-refractivity contribution in [3.63, 3.8) is 0 Å². The second-order valence-corrected chi connectivity index (χ2v) is 7.72. The van der Waals surface area contributed by atoms with Gasteiger partial charge >= 0.3 is 0 Å². The zero-order valence-electron chi connectivity index (χ0n) is 15.7. The van der Waals surface area contributed by atoms with Crippen LogP contribution in [0, 0.1) is 0 Å². The summed E-state index contributed by atoms with van der Waals surface area (Å²) in [6, 6.07) is 6.81. The number of hydrogen-bond donors (Lipinski definition) is 1. The summed E-state index contributed by atoms with van der Waals surface area (Å²) in [7, 11) is 0. The first-order chi connectivity index (χ1) is 13.9. The van der Waals surface area contributed by atoms with Crippen molar-refractivity contribution in [3.05, 3.63) is 52.9 Å². The fourth-order valence-electron chi connectivity index (χ4n) is 3.78. The third-order valence-electron chi connectivity index (χ3n) is 5.45. The number of nitrogens with zero attached hydrogens (tertiary/aromatic N) is 3. The Morgan fingerprint density at radius 2 is 2.10 bits per heavy atom. The molecule has 1 amide bonds. The fraction of sp³-hybridized carbons (Fsp3) is 0.450. The first-order valence-electron chi connectivity index (χ1n) is 9.52. The summed E-state index contributed by atoms with van der Waals surface area (Å²) in [4.78, 5) is 23.0. The van der Waals surface area contributed by atoms with Crippen LogP contribution in [0.5, 0.6) is 5.88 Å². The molecule has 0 spiro atoms. The Morgan fingerprint density at radius 1 is 1.31 bits per heavy atom. The molecule has 4 rings (SSSR count). The van der Waals surface area contributed by atoms with Gasteiger partial charge in [0.2, 0.25) is 11.8 Å². The summed E-state index contributed by atoms with van der Waals surface area (Å²) in [6.07, 6.45) is 2.85. The van der Waals surface area contributed by atoms with Gasteiger partial charge in [-0.3, -0.25) is 9.69 Å². The SMILES string of the molecule is O=C(NC[C@@H](c1ccc(Cl)nc1)N1CCC(F)(F)CC1)[C@@H]1COc2ncccc21. The van der Waals surface area contributed by atoms with Crippen LogP contribution >= 0.6 is 11.6 Å². The van der Waals surface area contributed by atoms with E-state index in [0.29, 0.717) is 11.0 Å². The monoisotopic (exact) mass is 422 g/mol. The van der Waals surface area contributed by atoms with E-state index in [9.17, 15) is 13.6 Å². The van der Waals surface area contributed by atoms with Gasteiger partial charge in [-0.25, -0.2) is 18.7 Å². The lowest BCUT2D eigenvalue weighted by molar-refractivity contribution is -0.123. The van der Waals surface area contributed by atoms with Crippen LogP contribution in [0.4, 0.5) is 8.78 Å². The minimum Gasteiger partial charge on any atom is -0.476 e. The molecule has 2 aromatic heterocycles. The van der Waals surface area contributed by atoms with Crippen molar-refractivity contribution in [1.82, 2.24) is 20.2 Å². The van der Waals surface area contributed by atoms with Crippen LogP contribution < -0.4 is 10.1 Å². The molecule has 0 aliphatic carbocycles. The maximum Gasteiger partial charge on any atom is 0.250 e. The molecule has 2 aliphatic heterocycles. The van der Waals surface area contributed by atoms with Crippen LogP contribution in [0.15, 0.2) is 36.7 Å². The van der Waals surface area contributed by atoms with E-state index < -0.39 is 11.8 Å². The number of carbonyl (C=O) groups is 1. The van der Waals surface area contributed by atoms with Crippen molar-refractivity contribution in [3.8, 4) is 5.88 Å². The molecule has 0 aromatic carbocycles. The van der Waals surface area contributed by atoms with Gasteiger partial charge in [0.15, 0.2) is 0 Å². The fourth-order valence-corrected chi connectivity index (χ4v) is 3.90. The number of halogens is 3. The molecule has 0 unspecified atom stereocenters. The quantitative estimate of drug-likeness (QED) is 0.749. The predicted molar refractivity (Wildman–Crippen MR) is 103 cm³/mol. The van der Waals surface area contributed by atoms with Gasteiger partial charge in [0.25, 0.3) is 5.92 Å². The molecule has 1 N–H and O–H groups in total. The zero-order valence-corrected chi connectivity index (χ0v) is 16.4. The van der Waals surface area contributed by atoms with Gasteiger partial charge in [-0.15, -0.1) is 0 Å². The lowest BCUT2D eigenvalue weighted by atomic mass is 9.99. The first kappa shape index (κ1) is 20.0. The standard InChI is InChI=1S/C20H21ClF2N4O2/c21-17-4-3-13(10-25-17)16(27-8-5-20(22,23)6-9-27)11-26-18(28)15-12-29-19-14(15)2-1-7-24-19/h1-4,7,10,15-16H,5-6,8-9,11-12H2,(H,26,28)/t15-,16+/m1/s1. The average Bonchev–Trinajstić information content (AvgIpc) is 3.14. The van der Waals surface area contributed by atoms with Crippen molar-refractivity contribution in [2.24, 2.45) is 0 Å². The van der Waals surface area contributed by atoms with E-state index >= 15 is 0 Å². The number of rotatable bonds is 5. The molecule has 9 heteroatoms. The highest BCUT2D eigenvalue weighted by molar-refractivity contribution is 6.29. The van der Waals surface area contributed by atoms with Crippen molar-refractivity contribution in [1.29, 1.82) is 0 Å². The number of fused-ring (bicyclic) bond motifs is 1. The number of alkyl halides is 2. The van der Waals surface area contributed by atoms with Gasteiger partial charge in [0.05, 0.1) is 6.04 Å². The number of amides is 1. The Hall–Kier alpha value is -2.32. The largest absolute Gasteiger partial charge is 0.476 e. The van der Waals surface area contributed by atoms with E-state index in [1.807, 2.05) is 17.0 Å². The van der Waals surface area contributed by atoms with Gasteiger partial charge in [-0.2, -0.15) is 0 Å². The molecule has 0 saturated carbocycles. The molecule has 1 fully saturated rings. The molecular weight excluding hydrogens is 402 g/mol. The van der Waals surface area contributed by atoms with Gasteiger partial charge in [0.1, 0.15) is 17.7 Å². The van der Waals surface area contributed by atoms with E-state index in [1.54, 1.807) is 24.5 Å². The first-order valence-corrected chi connectivity index (χ1v) is 9.89. The minimum atomic E-state index is -2.64. The topological polar surface area (TPSA) is 67.4 Å². The average molecular weight is 423 g/mol. The third-order valence-corrected chi connectivity index (χ3v) is 5.68. The molecular formula is C20H21ClF2N4O2. The Bertz CT molecular complexity index is 871. The molecule has 0 bridgehead atoms. The van der Waals surface area contributed by atoms with Gasteiger partial charge in [0, 0.05) is 50.4 Å².